The van der Waals surface area contributed by atoms with Crippen LogP contribution in [-0.2, 0) is 16.1 Å². The predicted octanol–water partition coefficient (Wildman–Crippen LogP) is 2.49. The minimum atomic E-state index is -0.600. The minimum absolute atomic E-state index is 0.0179. The van der Waals surface area contributed by atoms with Crippen molar-refractivity contribution in [1.82, 2.24) is 9.88 Å². The third-order valence-corrected chi connectivity index (χ3v) is 4.43. The van der Waals surface area contributed by atoms with E-state index in [0.29, 0.717) is 11.3 Å². The summed E-state index contributed by atoms with van der Waals surface area (Å²) in [5.74, 6) is -0.563. The van der Waals surface area contributed by atoms with E-state index in [-0.39, 0.29) is 17.7 Å². The van der Waals surface area contributed by atoms with Gasteiger partial charge in [0.05, 0.1) is 0 Å². The fraction of sp³-hybridized carbons (Fsp3) is 0.389. The molecule has 0 aliphatic carbocycles. The summed E-state index contributed by atoms with van der Waals surface area (Å²) in [6.45, 7) is 7.90. The number of thiazole rings is 1. The zero-order valence-corrected chi connectivity index (χ0v) is 15.3. The van der Waals surface area contributed by atoms with Gasteiger partial charge >= 0.3 is 0 Å². The van der Waals surface area contributed by atoms with Crippen LogP contribution in [0.4, 0.5) is 0 Å². The van der Waals surface area contributed by atoms with Crippen LogP contribution in [0, 0.1) is 12.8 Å². The van der Waals surface area contributed by atoms with E-state index in [0.717, 1.165) is 5.56 Å². The summed E-state index contributed by atoms with van der Waals surface area (Å²) in [6, 6.07) is 7.67. The van der Waals surface area contributed by atoms with Gasteiger partial charge in [-0.1, -0.05) is 43.7 Å². The predicted molar refractivity (Wildman–Crippen MR) is 95.6 cm³/mol. The highest BCUT2D eigenvalue weighted by Crippen LogP contribution is 2.06. The number of amides is 2. The number of nitrogens with one attached hydrogen (secondary N) is 1. The molecule has 2 aromatic rings. The van der Waals surface area contributed by atoms with Crippen LogP contribution >= 0.6 is 11.3 Å². The summed E-state index contributed by atoms with van der Waals surface area (Å²) in [5, 5.41) is 4.59. The average molecular weight is 345 g/mol. The maximum absolute atomic E-state index is 12.4. The number of benzene rings is 1. The van der Waals surface area contributed by atoms with E-state index < -0.39 is 6.04 Å². The van der Waals surface area contributed by atoms with Crippen molar-refractivity contribution in [3.63, 3.8) is 0 Å². The molecule has 1 heterocycles. The van der Waals surface area contributed by atoms with Gasteiger partial charge in [0.2, 0.25) is 5.91 Å². The maximum Gasteiger partial charge on any atom is 0.271 e. The molecule has 1 N–H and O–H groups in total. The topological polar surface area (TPSA) is 63.5 Å². The second-order valence-corrected chi connectivity index (χ2v) is 7.04. The van der Waals surface area contributed by atoms with E-state index in [1.807, 2.05) is 30.0 Å². The highest BCUT2D eigenvalue weighted by molar-refractivity contribution is 7.07. The monoisotopic (exact) mass is 345 g/mol. The van der Waals surface area contributed by atoms with Gasteiger partial charge < -0.3 is 9.88 Å². The van der Waals surface area contributed by atoms with E-state index in [4.69, 9.17) is 0 Å². The Hall–Kier alpha value is -2.21. The van der Waals surface area contributed by atoms with Gasteiger partial charge in [-0.3, -0.25) is 9.59 Å². The summed E-state index contributed by atoms with van der Waals surface area (Å²) < 4.78 is 1.94. The van der Waals surface area contributed by atoms with E-state index in [9.17, 15) is 9.59 Å². The first-order chi connectivity index (χ1) is 11.4. The lowest BCUT2D eigenvalue weighted by Crippen LogP contribution is -2.43. The van der Waals surface area contributed by atoms with Gasteiger partial charge in [-0.2, -0.15) is 4.99 Å². The van der Waals surface area contributed by atoms with Crippen molar-refractivity contribution >= 4 is 23.2 Å². The Kier molecular flexibility index (Phi) is 6.09. The van der Waals surface area contributed by atoms with Gasteiger partial charge in [0, 0.05) is 25.0 Å². The molecule has 0 spiro atoms. The van der Waals surface area contributed by atoms with Crippen LogP contribution in [0.25, 0.3) is 0 Å². The molecule has 1 aromatic carbocycles. The first-order valence-corrected chi connectivity index (χ1v) is 8.80. The van der Waals surface area contributed by atoms with E-state index >= 15 is 0 Å². The number of aryl methyl sites for hydroxylation is 1. The van der Waals surface area contributed by atoms with Crippen molar-refractivity contribution in [3.05, 3.63) is 51.8 Å². The molecular weight excluding hydrogens is 322 g/mol. The second-order valence-electron chi connectivity index (χ2n) is 6.17. The average Bonchev–Trinajstić information content (AvgIpc) is 2.93. The van der Waals surface area contributed by atoms with Gasteiger partial charge in [0.1, 0.15) is 6.04 Å². The summed E-state index contributed by atoms with van der Waals surface area (Å²) in [4.78, 5) is 28.6. The Morgan fingerprint density at radius 1 is 1.25 bits per heavy atom. The summed E-state index contributed by atoms with van der Waals surface area (Å²) in [5.41, 5.74) is 2.36. The first-order valence-electron chi connectivity index (χ1n) is 7.92. The molecular formula is C18H23N3O2S. The molecule has 1 atom stereocenters. The highest BCUT2D eigenvalue weighted by atomic mass is 32.1. The number of carbonyl (C=O) groups is 2. The number of carbonyl (C=O) groups excluding carboxylic acids is 2. The van der Waals surface area contributed by atoms with Crippen molar-refractivity contribution in [1.29, 1.82) is 0 Å². The Bertz CT molecular complexity index is 772. The van der Waals surface area contributed by atoms with Crippen molar-refractivity contribution in [2.24, 2.45) is 10.9 Å². The maximum atomic E-state index is 12.4. The standard InChI is InChI=1S/C18H23N3O2S/c1-12(2)16(19-14(4)22)17(23)20-18-21(9-10-24-18)11-15-7-5-13(3)6-8-15/h5-10,12,16H,11H2,1-4H3,(H,19,22). The van der Waals surface area contributed by atoms with Crippen molar-refractivity contribution in [2.75, 3.05) is 0 Å². The van der Waals surface area contributed by atoms with Crippen molar-refractivity contribution in [3.8, 4) is 0 Å². The third-order valence-electron chi connectivity index (χ3n) is 3.63. The van der Waals surface area contributed by atoms with Crippen LogP contribution in [0.2, 0.25) is 0 Å². The number of rotatable bonds is 5. The van der Waals surface area contributed by atoms with E-state index in [1.165, 1.54) is 23.8 Å². The number of nitrogens with zero attached hydrogens (tertiary/aromatic N) is 2. The molecule has 0 saturated heterocycles. The molecule has 0 bridgehead atoms. The molecule has 0 saturated carbocycles. The fourth-order valence-corrected chi connectivity index (χ4v) is 3.03. The van der Waals surface area contributed by atoms with Gasteiger partial charge in [0.15, 0.2) is 4.80 Å². The lowest BCUT2D eigenvalue weighted by molar-refractivity contribution is -0.127. The van der Waals surface area contributed by atoms with E-state index in [2.05, 4.69) is 41.5 Å². The van der Waals surface area contributed by atoms with Crippen molar-refractivity contribution in [2.45, 2.75) is 40.3 Å². The van der Waals surface area contributed by atoms with Crippen LogP contribution in [0.5, 0.6) is 0 Å². The second kappa shape index (κ2) is 8.06. The molecule has 0 aliphatic heterocycles. The molecule has 1 unspecified atom stereocenters. The Morgan fingerprint density at radius 3 is 2.50 bits per heavy atom. The van der Waals surface area contributed by atoms with Crippen LogP contribution in [-0.4, -0.2) is 22.4 Å². The van der Waals surface area contributed by atoms with Gasteiger partial charge in [-0.15, -0.1) is 11.3 Å². The van der Waals surface area contributed by atoms with Crippen LogP contribution in [0.15, 0.2) is 40.8 Å². The van der Waals surface area contributed by atoms with E-state index in [1.54, 1.807) is 0 Å². The molecule has 0 aliphatic rings. The quantitative estimate of drug-likeness (QED) is 0.905. The van der Waals surface area contributed by atoms with Crippen molar-refractivity contribution < 1.29 is 9.59 Å². The number of aromatic nitrogens is 1. The molecule has 1 aromatic heterocycles. The normalized spacial score (nSPS) is 13.1. The van der Waals surface area contributed by atoms with Crippen LogP contribution in [0.3, 0.4) is 0 Å². The first kappa shape index (κ1) is 18.1. The zero-order chi connectivity index (χ0) is 17.7. The lowest BCUT2D eigenvalue weighted by atomic mass is 10.0. The molecule has 128 valence electrons. The Labute approximate surface area is 146 Å². The highest BCUT2D eigenvalue weighted by Gasteiger charge is 2.22. The molecule has 0 radical (unpaired) electrons. The summed E-state index contributed by atoms with van der Waals surface area (Å²) in [7, 11) is 0. The third kappa shape index (κ3) is 4.89. The number of hydrogen-bond donors (Lipinski definition) is 1. The molecule has 0 fully saturated rings. The summed E-state index contributed by atoms with van der Waals surface area (Å²) in [6.07, 6.45) is 1.92. The van der Waals surface area contributed by atoms with Crippen LogP contribution < -0.4 is 10.1 Å². The van der Waals surface area contributed by atoms with Gasteiger partial charge in [-0.25, -0.2) is 0 Å². The Morgan fingerprint density at radius 2 is 1.92 bits per heavy atom. The number of hydrogen-bond acceptors (Lipinski definition) is 3. The largest absolute Gasteiger partial charge is 0.344 e. The molecule has 24 heavy (non-hydrogen) atoms. The fourth-order valence-electron chi connectivity index (χ4n) is 2.29. The lowest BCUT2D eigenvalue weighted by Gasteiger charge is -2.17. The van der Waals surface area contributed by atoms with Gasteiger partial charge in [-0.05, 0) is 18.4 Å². The minimum Gasteiger partial charge on any atom is -0.344 e. The smallest absolute Gasteiger partial charge is 0.271 e. The van der Waals surface area contributed by atoms with Gasteiger partial charge in [0.25, 0.3) is 5.91 Å². The summed E-state index contributed by atoms with van der Waals surface area (Å²) >= 11 is 1.41. The molecule has 2 rings (SSSR count). The molecule has 2 amide bonds. The van der Waals surface area contributed by atoms with Crippen LogP contribution in [0.1, 0.15) is 31.9 Å². The SMILES string of the molecule is CC(=O)NC(C(=O)N=c1sccn1Cc1ccc(C)cc1)C(C)C. The Balaban J connectivity index is 2.24. The molecule has 6 heteroatoms. The zero-order valence-electron chi connectivity index (χ0n) is 14.4. The molecule has 5 nitrogen and oxygen atoms in total.